The van der Waals surface area contributed by atoms with E-state index in [2.05, 4.69) is 20.4 Å². The minimum atomic E-state index is -5.19. The second-order valence-electron chi connectivity index (χ2n) is 10.4. The maximum absolute atomic E-state index is 14.9. The molecule has 4 aromatic rings. The molecule has 0 spiro atoms. The Morgan fingerprint density at radius 2 is 1.84 bits per heavy atom. The van der Waals surface area contributed by atoms with Crippen LogP contribution in [0.25, 0.3) is 22.3 Å². The number of amides is 2. The zero-order valence-electron chi connectivity index (χ0n) is 23.7. The maximum Gasteiger partial charge on any atom is 0.419 e. The van der Waals surface area contributed by atoms with Gasteiger partial charge >= 0.3 is 6.18 Å². The van der Waals surface area contributed by atoms with Crippen LogP contribution >= 0.6 is 0 Å². The van der Waals surface area contributed by atoms with Gasteiger partial charge in [-0.25, -0.2) is 18.4 Å². The molecule has 0 unspecified atom stereocenters. The largest absolute Gasteiger partial charge is 0.503 e. The average molecular weight is 618 g/mol. The van der Waals surface area contributed by atoms with Crippen molar-refractivity contribution >= 4 is 28.8 Å². The lowest BCUT2D eigenvalue weighted by Crippen LogP contribution is -2.56. The van der Waals surface area contributed by atoms with Crippen molar-refractivity contribution < 1.29 is 36.6 Å². The van der Waals surface area contributed by atoms with Crippen LogP contribution in [0.1, 0.15) is 24.5 Å². The van der Waals surface area contributed by atoms with Gasteiger partial charge in [0.25, 0.3) is 0 Å². The first kappa shape index (κ1) is 30.6. The number of nitrogens with one attached hydrogen (secondary N) is 1. The number of halogens is 5. The van der Waals surface area contributed by atoms with E-state index in [1.807, 2.05) is 35.2 Å². The average Bonchev–Trinajstić information content (AvgIpc) is 3.31. The molecule has 0 aliphatic carbocycles. The number of anilines is 1. The molecule has 2 aromatic heterocycles. The monoisotopic (exact) mass is 617 g/mol. The highest BCUT2D eigenvalue weighted by atomic mass is 19.4. The van der Waals surface area contributed by atoms with Gasteiger partial charge in [-0.05, 0) is 18.1 Å². The fourth-order valence-electron chi connectivity index (χ4n) is 5.28. The number of nitrogens with zero attached hydrogens (tertiary/aromatic N) is 6. The van der Waals surface area contributed by atoms with E-state index < -0.39 is 34.7 Å². The highest BCUT2D eigenvalue weighted by molar-refractivity contribution is 5.92. The Hall–Kier alpha value is -4.82. The second kappa shape index (κ2) is 12.1. The molecular weight excluding hydrogens is 589 g/mol. The predicted molar refractivity (Wildman–Crippen MR) is 149 cm³/mol. The number of alkyl halides is 3. The van der Waals surface area contributed by atoms with E-state index in [1.165, 1.54) is 24.9 Å². The molecular formula is C29H28F5N7O3. The van der Waals surface area contributed by atoms with Crippen LogP contribution in [0.4, 0.5) is 27.9 Å². The van der Waals surface area contributed by atoms with Gasteiger partial charge in [-0.3, -0.25) is 9.59 Å². The number of hydrogen-bond donors (Lipinski definition) is 2. The van der Waals surface area contributed by atoms with Crippen molar-refractivity contribution in [3.8, 4) is 17.0 Å². The van der Waals surface area contributed by atoms with Gasteiger partial charge < -0.3 is 20.2 Å². The first-order chi connectivity index (χ1) is 20.8. The number of piperazine rings is 1. The van der Waals surface area contributed by atoms with E-state index in [1.54, 1.807) is 4.90 Å². The summed E-state index contributed by atoms with van der Waals surface area (Å²) >= 11 is 0. The number of aromatic hydroxyl groups is 1. The molecule has 3 heterocycles. The molecule has 1 fully saturated rings. The van der Waals surface area contributed by atoms with Crippen molar-refractivity contribution in [2.75, 3.05) is 31.1 Å². The summed E-state index contributed by atoms with van der Waals surface area (Å²) in [6.45, 7) is 2.64. The van der Waals surface area contributed by atoms with Gasteiger partial charge in [0.2, 0.25) is 17.8 Å². The molecule has 0 bridgehead atoms. The summed E-state index contributed by atoms with van der Waals surface area (Å²) in [6.07, 6.45) is -3.23. The Labute approximate surface area is 248 Å². The van der Waals surface area contributed by atoms with Crippen molar-refractivity contribution in [1.82, 2.24) is 30.0 Å². The standard InChI is InChI=1S/C29H28F5N7O3/c1-16(42)35-9-8-22(43)40-10-11-41(18(15-40)12-17-6-4-3-5-7-17)28-36-14-20-25(38-39(2)27(20)37-28)19-13-21(29(32,33)34)24(31)26(44)23(19)30/h3-7,13-14,18,44H,8-12,15H2,1-2H3,(H,35,42)/t18-/m1/s1. The van der Waals surface area contributed by atoms with Gasteiger partial charge in [-0.2, -0.15) is 23.3 Å². The third-order valence-corrected chi connectivity index (χ3v) is 7.42. The number of hydrogen-bond acceptors (Lipinski definition) is 7. The molecule has 1 atom stereocenters. The third-order valence-electron chi connectivity index (χ3n) is 7.42. The van der Waals surface area contributed by atoms with Crippen LogP contribution in [0.15, 0.2) is 42.6 Å². The van der Waals surface area contributed by atoms with Crippen molar-refractivity contribution in [3.05, 3.63) is 65.4 Å². The van der Waals surface area contributed by atoms with E-state index in [0.29, 0.717) is 26.1 Å². The zero-order chi connectivity index (χ0) is 31.8. The van der Waals surface area contributed by atoms with Crippen LogP contribution in [0.2, 0.25) is 0 Å². The molecule has 2 amide bonds. The minimum Gasteiger partial charge on any atom is -0.503 e. The zero-order valence-corrected chi connectivity index (χ0v) is 23.7. The van der Waals surface area contributed by atoms with Crippen LogP contribution in [0.3, 0.4) is 0 Å². The number of rotatable bonds is 7. The van der Waals surface area contributed by atoms with Crippen LogP contribution in [-0.2, 0) is 29.2 Å². The topological polar surface area (TPSA) is 116 Å². The number of phenolic OH excluding ortho intramolecular Hbond substituents is 1. The summed E-state index contributed by atoms with van der Waals surface area (Å²) in [7, 11) is 1.46. The number of aromatic nitrogens is 4. The Balaban J connectivity index is 1.49. The Morgan fingerprint density at radius 1 is 1.11 bits per heavy atom. The SMILES string of the molecule is CC(=O)NCCC(=O)N1CCN(c2ncc3c(-c4cc(C(F)(F)F)c(F)c(O)c4F)nn(C)c3n2)[C@H](Cc2ccccc2)C1. The van der Waals surface area contributed by atoms with Crippen LogP contribution in [0.5, 0.6) is 5.75 Å². The molecule has 1 saturated heterocycles. The molecule has 0 radical (unpaired) electrons. The van der Waals surface area contributed by atoms with Crippen LogP contribution in [-0.4, -0.2) is 73.8 Å². The van der Waals surface area contributed by atoms with Gasteiger partial charge in [-0.1, -0.05) is 30.3 Å². The number of benzene rings is 2. The van der Waals surface area contributed by atoms with Crippen LogP contribution in [0, 0.1) is 11.6 Å². The molecule has 10 nitrogen and oxygen atoms in total. The Kier molecular flexibility index (Phi) is 8.39. The number of aryl methyl sites for hydroxylation is 1. The fourth-order valence-corrected chi connectivity index (χ4v) is 5.28. The second-order valence-corrected chi connectivity index (χ2v) is 10.4. The first-order valence-corrected chi connectivity index (χ1v) is 13.7. The molecule has 0 saturated carbocycles. The summed E-state index contributed by atoms with van der Waals surface area (Å²) in [5, 5.41) is 16.6. The summed E-state index contributed by atoms with van der Waals surface area (Å²) in [4.78, 5) is 36.8. The van der Waals surface area contributed by atoms with E-state index in [0.717, 1.165) is 5.56 Å². The van der Waals surface area contributed by atoms with Crippen molar-refractivity contribution in [1.29, 1.82) is 0 Å². The lowest BCUT2D eigenvalue weighted by molar-refractivity contribution is -0.140. The normalized spacial score (nSPS) is 15.6. The van der Waals surface area contributed by atoms with Gasteiger partial charge in [0.05, 0.1) is 17.0 Å². The Morgan fingerprint density at radius 3 is 2.52 bits per heavy atom. The van der Waals surface area contributed by atoms with Crippen LogP contribution < -0.4 is 10.2 Å². The highest BCUT2D eigenvalue weighted by Gasteiger charge is 2.38. The molecule has 232 valence electrons. The van der Waals surface area contributed by atoms with E-state index in [-0.39, 0.29) is 59.6 Å². The van der Waals surface area contributed by atoms with E-state index in [4.69, 9.17) is 0 Å². The van der Waals surface area contributed by atoms with Gasteiger partial charge in [0.1, 0.15) is 5.69 Å². The van der Waals surface area contributed by atoms with Gasteiger partial charge in [0.15, 0.2) is 23.0 Å². The predicted octanol–water partition coefficient (Wildman–Crippen LogP) is 3.82. The van der Waals surface area contributed by atoms with Crippen molar-refractivity contribution in [3.63, 3.8) is 0 Å². The quantitative estimate of drug-likeness (QED) is 0.303. The summed E-state index contributed by atoms with van der Waals surface area (Å²) in [5.41, 5.74) is -1.73. The smallest absolute Gasteiger partial charge is 0.419 e. The molecule has 15 heteroatoms. The number of carbonyl (C=O) groups excluding carboxylic acids is 2. The third kappa shape index (κ3) is 6.12. The number of carbonyl (C=O) groups is 2. The van der Waals surface area contributed by atoms with Gasteiger partial charge in [0, 0.05) is 58.3 Å². The van der Waals surface area contributed by atoms with Crippen molar-refractivity contribution in [2.24, 2.45) is 7.05 Å². The molecule has 2 aromatic carbocycles. The Bertz CT molecular complexity index is 1710. The molecule has 5 rings (SSSR count). The van der Waals surface area contributed by atoms with E-state index in [9.17, 15) is 36.6 Å². The number of fused-ring (bicyclic) bond motifs is 1. The van der Waals surface area contributed by atoms with Gasteiger partial charge in [-0.15, -0.1) is 0 Å². The molecule has 2 N–H and O–H groups in total. The summed E-state index contributed by atoms with van der Waals surface area (Å²) < 4.78 is 70.5. The molecule has 1 aliphatic heterocycles. The molecule has 44 heavy (non-hydrogen) atoms. The fraction of sp³-hybridized carbons (Fsp3) is 0.345. The maximum atomic E-state index is 14.9. The summed E-state index contributed by atoms with van der Waals surface area (Å²) in [6, 6.07) is 9.59. The minimum absolute atomic E-state index is 0.0840. The summed E-state index contributed by atoms with van der Waals surface area (Å²) in [5.74, 6) is -5.56. The highest BCUT2D eigenvalue weighted by Crippen LogP contribution is 2.41. The lowest BCUT2D eigenvalue weighted by Gasteiger charge is -2.41. The lowest BCUT2D eigenvalue weighted by atomic mass is 10.0. The molecule has 1 aliphatic rings. The van der Waals surface area contributed by atoms with Crippen molar-refractivity contribution in [2.45, 2.75) is 32.0 Å². The first-order valence-electron chi connectivity index (χ1n) is 13.7. The number of phenols is 1. The van der Waals surface area contributed by atoms with E-state index >= 15 is 0 Å².